The molecule has 1 amide bonds. The number of thiazole rings is 1. The second-order valence-corrected chi connectivity index (χ2v) is 7.82. The zero-order valence-corrected chi connectivity index (χ0v) is 16.9. The number of carboxylic acid groups (broad SMARTS) is 1. The van der Waals surface area contributed by atoms with Crippen molar-refractivity contribution in [1.82, 2.24) is 19.7 Å². The van der Waals surface area contributed by atoms with Crippen LogP contribution < -0.4 is 0 Å². The van der Waals surface area contributed by atoms with E-state index in [1.165, 1.54) is 29.7 Å². The molecule has 1 fully saturated rings. The molecule has 1 aliphatic carbocycles. The number of nitrogens with zero attached hydrogens (tertiary/aromatic N) is 4. The number of halogens is 3. The number of amides is 1. The number of aryl methyl sites for hydroxylation is 1. The van der Waals surface area contributed by atoms with Crippen LogP contribution in [-0.4, -0.2) is 62.6 Å². The molecule has 2 aromatic heterocycles. The minimum Gasteiger partial charge on any atom is -0.475 e. The molecule has 0 saturated heterocycles. The number of hydrogen-bond acceptors (Lipinski definition) is 6. The third-order valence-electron chi connectivity index (χ3n) is 4.86. The van der Waals surface area contributed by atoms with Crippen LogP contribution in [0.2, 0.25) is 0 Å². The van der Waals surface area contributed by atoms with E-state index in [0.717, 1.165) is 18.7 Å². The lowest BCUT2D eigenvalue weighted by atomic mass is 10.00. The molecule has 1 unspecified atom stereocenters. The Morgan fingerprint density at radius 3 is 2.60 bits per heavy atom. The third kappa shape index (κ3) is 5.36. The third-order valence-corrected chi connectivity index (χ3v) is 5.45. The average molecular weight is 446 g/mol. The molecule has 3 heterocycles. The van der Waals surface area contributed by atoms with Gasteiger partial charge in [-0.1, -0.05) is 0 Å². The summed E-state index contributed by atoms with van der Waals surface area (Å²) < 4.78 is 39.5. The number of alkyl halides is 3. The molecule has 2 aromatic rings. The molecule has 4 rings (SSSR count). The van der Waals surface area contributed by atoms with E-state index in [2.05, 4.69) is 10.1 Å². The van der Waals surface area contributed by atoms with Crippen molar-refractivity contribution >= 4 is 23.2 Å². The fourth-order valence-corrected chi connectivity index (χ4v) is 3.69. The minimum absolute atomic E-state index is 0.0156. The first-order valence-electron chi connectivity index (χ1n) is 9.26. The number of carbonyl (C=O) groups is 2. The smallest absolute Gasteiger partial charge is 0.475 e. The van der Waals surface area contributed by atoms with E-state index in [0.29, 0.717) is 24.8 Å². The molecule has 2 aliphatic rings. The highest BCUT2D eigenvalue weighted by molar-refractivity contribution is 7.07. The second kappa shape index (κ2) is 9.13. The minimum atomic E-state index is -5.08. The van der Waals surface area contributed by atoms with Gasteiger partial charge in [0.25, 0.3) is 5.91 Å². The van der Waals surface area contributed by atoms with Gasteiger partial charge in [0.2, 0.25) is 0 Å². The van der Waals surface area contributed by atoms with Crippen LogP contribution in [0.4, 0.5) is 13.2 Å². The summed E-state index contributed by atoms with van der Waals surface area (Å²) in [6.45, 7) is 2.01. The molecule has 1 saturated carbocycles. The zero-order chi connectivity index (χ0) is 21.9. The molecule has 12 heteroatoms. The Hall–Kier alpha value is -2.47. The van der Waals surface area contributed by atoms with E-state index in [4.69, 9.17) is 14.6 Å². The van der Waals surface area contributed by atoms with Crippen molar-refractivity contribution in [3.05, 3.63) is 34.0 Å². The van der Waals surface area contributed by atoms with Crippen LogP contribution in [-0.2, 0) is 23.0 Å². The fraction of sp³-hybridized carbons (Fsp3) is 0.556. The first-order valence-corrected chi connectivity index (χ1v) is 10.2. The van der Waals surface area contributed by atoms with Crippen molar-refractivity contribution in [2.24, 2.45) is 13.0 Å². The number of hydrogen-bond donors (Lipinski definition) is 1. The summed E-state index contributed by atoms with van der Waals surface area (Å²) in [6, 6.07) is -0.0841. The summed E-state index contributed by atoms with van der Waals surface area (Å²) in [4.78, 5) is 27.8. The van der Waals surface area contributed by atoms with Crippen LogP contribution in [0.15, 0.2) is 17.1 Å². The molecule has 0 radical (unpaired) electrons. The summed E-state index contributed by atoms with van der Waals surface area (Å²) in [6.07, 6.45) is 0.193. The molecule has 0 spiro atoms. The van der Waals surface area contributed by atoms with Crippen LogP contribution in [0.3, 0.4) is 0 Å². The number of aromatic nitrogens is 3. The van der Waals surface area contributed by atoms with Gasteiger partial charge in [0.05, 0.1) is 30.1 Å². The second-order valence-electron chi connectivity index (χ2n) is 7.10. The predicted molar refractivity (Wildman–Crippen MR) is 100 cm³/mol. The summed E-state index contributed by atoms with van der Waals surface area (Å²) in [5, 5.41) is 13.3. The van der Waals surface area contributed by atoms with Crippen LogP contribution in [0.1, 0.15) is 40.6 Å². The summed E-state index contributed by atoms with van der Waals surface area (Å²) in [7, 11) is 1.93. The van der Waals surface area contributed by atoms with Crippen molar-refractivity contribution < 1.29 is 32.6 Å². The van der Waals surface area contributed by atoms with Crippen molar-refractivity contribution in [1.29, 1.82) is 0 Å². The van der Waals surface area contributed by atoms with Gasteiger partial charge in [-0.3, -0.25) is 9.48 Å². The monoisotopic (exact) mass is 446 g/mol. The number of carbonyl (C=O) groups excluding carboxylic acids is 1. The maximum Gasteiger partial charge on any atom is 0.490 e. The van der Waals surface area contributed by atoms with Crippen LogP contribution in [0.5, 0.6) is 0 Å². The van der Waals surface area contributed by atoms with Gasteiger partial charge in [0.15, 0.2) is 0 Å². The molecule has 0 aromatic carbocycles. The van der Waals surface area contributed by atoms with Gasteiger partial charge in [0.1, 0.15) is 5.69 Å². The quantitative estimate of drug-likeness (QED) is 0.759. The first-order chi connectivity index (χ1) is 14.2. The van der Waals surface area contributed by atoms with Crippen LogP contribution in [0.25, 0.3) is 0 Å². The van der Waals surface area contributed by atoms with Crippen molar-refractivity contribution in [2.45, 2.75) is 31.5 Å². The lowest BCUT2D eigenvalue weighted by Crippen LogP contribution is -2.43. The number of carboxylic acids is 1. The molecule has 1 N–H and O–H groups in total. The molecule has 1 atom stereocenters. The van der Waals surface area contributed by atoms with Gasteiger partial charge >= 0.3 is 12.1 Å². The molecule has 164 valence electrons. The van der Waals surface area contributed by atoms with E-state index < -0.39 is 12.1 Å². The van der Waals surface area contributed by atoms with E-state index in [9.17, 15) is 18.0 Å². The van der Waals surface area contributed by atoms with Gasteiger partial charge in [-0.25, -0.2) is 9.78 Å². The van der Waals surface area contributed by atoms with Gasteiger partial charge in [-0.2, -0.15) is 18.3 Å². The van der Waals surface area contributed by atoms with Gasteiger partial charge in [0, 0.05) is 25.6 Å². The van der Waals surface area contributed by atoms with E-state index >= 15 is 0 Å². The Kier molecular flexibility index (Phi) is 6.76. The molecule has 1 aliphatic heterocycles. The molecular weight excluding hydrogens is 425 g/mol. The maximum atomic E-state index is 12.8. The van der Waals surface area contributed by atoms with E-state index in [1.54, 1.807) is 5.51 Å². The van der Waals surface area contributed by atoms with Gasteiger partial charge < -0.3 is 14.7 Å². The Bertz CT molecular complexity index is 881. The standard InChI is InChI=1S/C16H20N4O2S.C2HF3O2/c1-19-15-12(6-18-19)4-5-20(16(21)13-9-23-10-17-13)14(15)8-22-7-11-2-3-11;3-2(4,5)1(6)7/h6,9-11,14H,2-5,7-8H2,1H3;(H,6,7). The van der Waals surface area contributed by atoms with Crippen molar-refractivity contribution in [2.75, 3.05) is 19.8 Å². The number of fused-ring (bicyclic) bond motifs is 1. The SMILES string of the molecule is Cn1ncc2c1C(COCC1CC1)N(C(=O)c1cscn1)CC2.O=C(O)C(F)(F)F. The number of ether oxygens (including phenoxy) is 1. The molecule has 0 bridgehead atoms. The predicted octanol–water partition coefficient (Wildman–Crippen LogP) is 2.68. The van der Waals surface area contributed by atoms with E-state index in [1.807, 2.05) is 28.2 Å². The Morgan fingerprint density at radius 1 is 1.33 bits per heavy atom. The topological polar surface area (TPSA) is 97.5 Å². The van der Waals surface area contributed by atoms with E-state index in [-0.39, 0.29) is 11.9 Å². The van der Waals surface area contributed by atoms with Gasteiger partial charge in [-0.15, -0.1) is 11.3 Å². The molecular formula is C18H21F3N4O4S. The van der Waals surface area contributed by atoms with Crippen molar-refractivity contribution in [3.63, 3.8) is 0 Å². The van der Waals surface area contributed by atoms with Crippen molar-refractivity contribution in [3.8, 4) is 0 Å². The summed E-state index contributed by atoms with van der Waals surface area (Å²) in [5.74, 6) is -2.06. The normalized spacial score (nSPS) is 18.4. The zero-order valence-electron chi connectivity index (χ0n) is 16.1. The Labute approximate surface area is 174 Å². The lowest BCUT2D eigenvalue weighted by Gasteiger charge is -2.35. The van der Waals surface area contributed by atoms with Crippen LogP contribution >= 0.6 is 11.3 Å². The largest absolute Gasteiger partial charge is 0.490 e. The summed E-state index contributed by atoms with van der Waals surface area (Å²) in [5.41, 5.74) is 4.53. The Morgan fingerprint density at radius 2 is 2.03 bits per heavy atom. The lowest BCUT2D eigenvalue weighted by molar-refractivity contribution is -0.192. The Balaban J connectivity index is 0.000000318. The number of rotatable bonds is 5. The molecule has 30 heavy (non-hydrogen) atoms. The first kappa shape index (κ1) is 22.2. The highest BCUT2D eigenvalue weighted by Crippen LogP contribution is 2.33. The average Bonchev–Trinajstić information content (AvgIpc) is 3.19. The maximum absolute atomic E-state index is 12.8. The molecule has 8 nitrogen and oxygen atoms in total. The number of aliphatic carboxylic acids is 1. The highest BCUT2D eigenvalue weighted by atomic mass is 32.1. The highest BCUT2D eigenvalue weighted by Gasteiger charge is 2.38. The fourth-order valence-electron chi connectivity index (χ4n) is 3.17. The van der Waals surface area contributed by atoms with Crippen LogP contribution in [0, 0.1) is 5.92 Å². The van der Waals surface area contributed by atoms with Gasteiger partial charge in [-0.05, 0) is 30.7 Å². The summed E-state index contributed by atoms with van der Waals surface area (Å²) >= 11 is 1.45.